The van der Waals surface area contributed by atoms with Gasteiger partial charge in [-0.15, -0.1) is 0 Å². The van der Waals surface area contributed by atoms with Crippen LogP contribution in [0.5, 0.6) is 17.2 Å². The van der Waals surface area contributed by atoms with Gasteiger partial charge in [0.25, 0.3) is 0 Å². The van der Waals surface area contributed by atoms with Crippen LogP contribution in [0, 0.1) is 13.8 Å². The molecule has 2 heterocycles. The number of carboxylic acids is 1. The Hall–Kier alpha value is -3.55. The van der Waals surface area contributed by atoms with Crippen molar-refractivity contribution in [2.24, 2.45) is 0 Å². The fourth-order valence-electron chi connectivity index (χ4n) is 5.54. The van der Waals surface area contributed by atoms with Crippen molar-refractivity contribution in [2.75, 3.05) is 26.9 Å². The molecule has 3 aromatic rings. The van der Waals surface area contributed by atoms with Crippen molar-refractivity contribution in [1.82, 2.24) is 5.32 Å². The Morgan fingerprint density at radius 2 is 1.85 bits per heavy atom. The molecule has 3 aromatic carbocycles. The lowest BCUT2D eigenvalue weighted by Crippen LogP contribution is -2.24. The Kier molecular flexibility index (Phi) is 9.49. The zero-order valence-electron chi connectivity index (χ0n) is 23.3. The number of ether oxygens (including phenoxy) is 3. The molecule has 0 bridgehead atoms. The molecule has 5 rings (SSSR count). The molecule has 0 fully saturated rings. The molecule has 0 aliphatic carbocycles. The Bertz CT molecular complexity index is 1300. The van der Waals surface area contributed by atoms with Gasteiger partial charge >= 0.3 is 5.97 Å². The van der Waals surface area contributed by atoms with Crippen LogP contribution in [0.4, 0.5) is 0 Å². The van der Waals surface area contributed by atoms with Crippen LogP contribution >= 0.6 is 0 Å². The Morgan fingerprint density at radius 1 is 1.05 bits per heavy atom. The van der Waals surface area contributed by atoms with E-state index >= 15 is 0 Å². The van der Waals surface area contributed by atoms with Crippen LogP contribution in [0.2, 0.25) is 0 Å². The van der Waals surface area contributed by atoms with Gasteiger partial charge in [0.05, 0.1) is 19.1 Å². The average Bonchev–Trinajstić information content (AvgIpc) is 3.52. The van der Waals surface area contributed by atoms with Crippen LogP contribution in [0.15, 0.2) is 48.5 Å². The van der Waals surface area contributed by atoms with Gasteiger partial charge in [0.2, 0.25) is 0 Å². The topological polar surface area (TPSA) is 97.2 Å². The molecule has 7 nitrogen and oxygen atoms in total. The monoisotopic (exact) mass is 533 g/mol. The first kappa shape index (κ1) is 28.5. The van der Waals surface area contributed by atoms with Gasteiger partial charge < -0.3 is 29.7 Å². The predicted molar refractivity (Wildman–Crippen MR) is 152 cm³/mol. The summed E-state index contributed by atoms with van der Waals surface area (Å²) in [6.07, 6.45) is 2.40. The van der Waals surface area contributed by atoms with Crippen molar-refractivity contribution < 1.29 is 29.2 Å². The second-order valence-corrected chi connectivity index (χ2v) is 10.1. The molecule has 0 aromatic heterocycles. The van der Waals surface area contributed by atoms with E-state index in [0.29, 0.717) is 31.3 Å². The first-order valence-electron chi connectivity index (χ1n) is 13.6. The minimum atomic E-state index is -0.814. The van der Waals surface area contributed by atoms with Gasteiger partial charge in [0.1, 0.15) is 30.5 Å². The third-order valence-corrected chi connectivity index (χ3v) is 7.37. The number of aliphatic hydroxyl groups excluding tert-OH is 1. The van der Waals surface area contributed by atoms with Crippen LogP contribution in [-0.2, 0) is 11.4 Å². The van der Waals surface area contributed by atoms with Gasteiger partial charge in [-0.25, -0.2) is 0 Å². The van der Waals surface area contributed by atoms with Crippen molar-refractivity contribution in [3.8, 4) is 28.4 Å². The minimum absolute atomic E-state index is 0.0726. The zero-order valence-corrected chi connectivity index (χ0v) is 23.3. The quantitative estimate of drug-likeness (QED) is 0.278. The molecule has 2 unspecified atom stereocenters. The third kappa shape index (κ3) is 6.37. The fraction of sp³-hybridized carbons (Fsp3) is 0.406. The largest absolute Gasteiger partial charge is 0.492 e. The zero-order chi connectivity index (χ0) is 27.9. The lowest BCUT2D eigenvalue weighted by Gasteiger charge is -2.18. The Labute approximate surface area is 230 Å². The summed E-state index contributed by atoms with van der Waals surface area (Å²) in [5.74, 6) is 1.50. The molecule has 0 spiro atoms. The first-order chi connectivity index (χ1) is 18.9. The van der Waals surface area contributed by atoms with Gasteiger partial charge in [0.15, 0.2) is 0 Å². The molecular weight excluding hydrogens is 494 g/mol. The minimum Gasteiger partial charge on any atom is -0.492 e. The van der Waals surface area contributed by atoms with E-state index in [1.54, 1.807) is 0 Å². The molecule has 3 N–H and O–H groups in total. The molecule has 0 radical (unpaired) electrons. The number of carbonyl (C=O) groups is 1. The number of unbranched alkanes of at least 4 members (excludes halogenated alkanes) is 1. The normalized spacial score (nSPS) is 16.8. The van der Waals surface area contributed by atoms with E-state index in [0.717, 1.165) is 37.0 Å². The molecular formula is C32H39NO6. The molecule has 39 heavy (non-hydrogen) atoms. The van der Waals surface area contributed by atoms with Crippen molar-refractivity contribution in [3.05, 3.63) is 76.3 Å². The van der Waals surface area contributed by atoms with Crippen molar-refractivity contribution in [2.45, 2.75) is 58.6 Å². The Balaban J connectivity index is 0.00000172. The summed E-state index contributed by atoms with van der Waals surface area (Å²) >= 11 is 0. The van der Waals surface area contributed by atoms with E-state index in [2.05, 4.69) is 56.4 Å². The first-order valence-corrected chi connectivity index (χ1v) is 13.6. The van der Waals surface area contributed by atoms with Crippen LogP contribution in [0.3, 0.4) is 0 Å². The van der Waals surface area contributed by atoms with Gasteiger partial charge in [-0.05, 0) is 72.8 Å². The number of nitrogens with one attached hydrogen (secondary N) is 1. The number of rotatable bonds is 10. The molecule has 2 atom stereocenters. The van der Waals surface area contributed by atoms with Crippen LogP contribution in [-0.4, -0.2) is 43.1 Å². The highest BCUT2D eigenvalue weighted by atomic mass is 16.5. The van der Waals surface area contributed by atoms with Gasteiger partial charge in [-0.1, -0.05) is 37.6 Å². The van der Waals surface area contributed by atoms with Gasteiger partial charge in [-0.3, -0.25) is 4.79 Å². The molecule has 2 aliphatic rings. The molecule has 2 aliphatic heterocycles. The van der Waals surface area contributed by atoms with Crippen molar-refractivity contribution in [1.29, 1.82) is 0 Å². The van der Waals surface area contributed by atoms with E-state index in [4.69, 9.17) is 24.4 Å². The summed E-state index contributed by atoms with van der Waals surface area (Å²) in [7, 11) is 1.00. The van der Waals surface area contributed by atoms with E-state index in [9.17, 15) is 4.79 Å². The number of fused-ring (bicyclic) bond motifs is 2. The SMILES string of the molecule is CCCCNC1COc2cc(C)c(-c3cccc(COc4ccc5c(c4)OCC5CC(=O)O)c3)c(C)c21.CO. The highest BCUT2D eigenvalue weighted by molar-refractivity contribution is 5.75. The predicted octanol–water partition coefficient (Wildman–Crippen LogP) is 5.93. The maximum absolute atomic E-state index is 11.1. The number of aliphatic hydroxyl groups is 1. The standard InChI is InChI=1S/C31H35NO5.CH4O/c1-4-5-11-32-26-18-37-28-12-19(2)30(20(3)31(26)28)22-8-6-7-21(13-22)16-35-24-9-10-25-23(14-29(33)34)17-36-27(25)15-24;1-2/h6-10,12-13,15,23,26,32H,4-5,11,14,16-18H2,1-3H3,(H,33,34);2H,1H3. The smallest absolute Gasteiger partial charge is 0.304 e. The van der Waals surface area contributed by atoms with E-state index in [-0.39, 0.29) is 18.4 Å². The van der Waals surface area contributed by atoms with Gasteiger partial charge in [-0.2, -0.15) is 0 Å². The lowest BCUT2D eigenvalue weighted by molar-refractivity contribution is -0.137. The highest BCUT2D eigenvalue weighted by Crippen LogP contribution is 2.42. The molecule has 0 saturated heterocycles. The average molecular weight is 534 g/mol. The van der Waals surface area contributed by atoms with E-state index in [1.807, 2.05) is 18.2 Å². The van der Waals surface area contributed by atoms with Crippen LogP contribution in [0.1, 0.15) is 66.0 Å². The second kappa shape index (κ2) is 13.0. The number of hydrogen-bond donors (Lipinski definition) is 3. The maximum Gasteiger partial charge on any atom is 0.304 e. The maximum atomic E-state index is 11.1. The summed E-state index contributed by atoms with van der Waals surface area (Å²) in [6.45, 7) is 9.06. The fourth-order valence-corrected chi connectivity index (χ4v) is 5.54. The number of benzene rings is 3. The molecule has 0 saturated carbocycles. The number of carboxylic acid groups (broad SMARTS) is 1. The number of aryl methyl sites for hydroxylation is 1. The molecule has 0 amide bonds. The number of aliphatic carboxylic acids is 1. The molecule has 208 valence electrons. The summed E-state index contributed by atoms with van der Waals surface area (Å²) < 4.78 is 17.9. The lowest BCUT2D eigenvalue weighted by atomic mass is 9.89. The summed E-state index contributed by atoms with van der Waals surface area (Å²) in [4.78, 5) is 11.1. The van der Waals surface area contributed by atoms with Crippen LogP contribution < -0.4 is 19.5 Å². The summed E-state index contributed by atoms with van der Waals surface area (Å²) in [5, 5.41) is 19.8. The summed E-state index contributed by atoms with van der Waals surface area (Å²) in [5.41, 5.74) is 8.19. The van der Waals surface area contributed by atoms with Gasteiger partial charge in [0, 0.05) is 30.2 Å². The van der Waals surface area contributed by atoms with E-state index in [1.165, 1.54) is 34.2 Å². The summed E-state index contributed by atoms with van der Waals surface area (Å²) in [6, 6.07) is 16.6. The third-order valence-electron chi connectivity index (χ3n) is 7.37. The highest BCUT2D eigenvalue weighted by Gasteiger charge is 2.29. The van der Waals surface area contributed by atoms with Crippen molar-refractivity contribution >= 4 is 5.97 Å². The number of hydrogen-bond acceptors (Lipinski definition) is 6. The van der Waals surface area contributed by atoms with Crippen LogP contribution in [0.25, 0.3) is 11.1 Å². The Morgan fingerprint density at radius 3 is 2.62 bits per heavy atom. The molecule has 7 heteroatoms. The van der Waals surface area contributed by atoms with Crippen molar-refractivity contribution in [3.63, 3.8) is 0 Å². The van der Waals surface area contributed by atoms with E-state index < -0.39 is 5.97 Å². The second-order valence-electron chi connectivity index (χ2n) is 10.1.